The summed E-state index contributed by atoms with van der Waals surface area (Å²) in [5.41, 5.74) is -0.431. The van der Waals surface area contributed by atoms with E-state index in [0.717, 1.165) is 0 Å². The summed E-state index contributed by atoms with van der Waals surface area (Å²) in [6, 6.07) is 8.78. The fourth-order valence-electron chi connectivity index (χ4n) is 1.97. The maximum atomic E-state index is 12.0. The average molecular weight is 288 g/mol. The molecule has 2 rings (SSSR count). The fourth-order valence-corrected chi connectivity index (χ4v) is 1.97. The van der Waals surface area contributed by atoms with Crippen LogP contribution in [-0.2, 0) is 10.2 Å². The molecule has 21 heavy (non-hydrogen) atoms. The monoisotopic (exact) mass is 288 g/mol. The normalized spacial score (nSPS) is 13.4. The van der Waals surface area contributed by atoms with Crippen molar-refractivity contribution in [2.45, 2.75) is 19.3 Å². The van der Waals surface area contributed by atoms with Gasteiger partial charge >= 0.3 is 5.97 Å². The molecule has 1 aromatic heterocycles. The van der Waals surface area contributed by atoms with E-state index >= 15 is 0 Å². The van der Waals surface area contributed by atoms with Crippen molar-refractivity contribution in [3.8, 4) is 0 Å². The Labute approximate surface area is 121 Å². The van der Waals surface area contributed by atoms with Crippen LogP contribution in [0.25, 0.3) is 0 Å². The van der Waals surface area contributed by atoms with Crippen LogP contribution in [0.4, 0.5) is 0 Å². The Morgan fingerprint density at radius 1 is 1.33 bits per heavy atom. The first-order valence-corrected chi connectivity index (χ1v) is 6.42. The molecule has 1 aromatic carbocycles. The number of hydrogen-bond acceptors (Lipinski definition) is 4. The minimum atomic E-state index is -1.21. The van der Waals surface area contributed by atoms with Crippen LogP contribution < -0.4 is 5.32 Å². The van der Waals surface area contributed by atoms with Gasteiger partial charge in [-0.2, -0.15) is 0 Å². The number of carbonyl (C=O) groups excluding carboxylic acids is 1. The molecule has 0 bridgehead atoms. The van der Waals surface area contributed by atoms with Gasteiger partial charge in [-0.15, -0.1) is 0 Å². The third-order valence-corrected chi connectivity index (χ3v) is 3.45. The summed E-state index contributed by atoms with van der Waals surface area (Å²) in [5.74, 6) is -1.07. The number of hydrogen-bond donors (Lipinski definition) is 2. The predicted molar refractivity (Wildman–Crippen MR) is 75.0 cm³/mol. The number of nitrogens with one attached hydrogen (secondary N) is 1. The second kappa shape index (κ2) is 5.78. The number of benzene rings is 1. The molecule has 0 aliphatic heterocycles. The molecule has 1 amide bonds. The van der Waals surface area contributed by atoms with Crippen molar-refractivity contribution in [1.29, 1.82) is 0 Å². The number of carbonyl (C=O) groups is 2. The van der Waals surface area contributed by atoms with Crippen LogP contribution in [0.3, 0.4) is 0 Å². The first-order chi connectivity index (χ1) is 9.95. The Morgan fingerprint density at radius 2 is 2.00 bits per heavy atom. The molecule has 2 N–H and O–H groups in total. The van der Waals surface area contributed by atoms with Gasteiger partial charge in [0.2, 0.25) is 0 Å². The summed E-state index contributed by atoms with van der Waals surface area (Å²) < 4.78 is 4.96. The summed E-state index contributed by atoms with van der Waals surface area (Å²) in [6.07, 6.45) is 1.18. The van der Waals surface area contributed by atoms with E-state index in [0.29, 0.717) is 11.3 Å². The summed E-state index contributed by atoms with van der Waals surface area (Å²) in [5, 5.41) is 12.1. The highest BCUT2D eigenvalue weighted by atomic mass is 16.4. The zero-order chi connectivity index (χ0) is 15.5. The topological polar surface area (TPSA) is 92.4 Å². The van der Waals surface area contributed by atoms with Crippen molar-refractivity contribution in [1.82, 2.24) is 10.3 Å². The maximum Gasteiger partial charge on any atom is 0.315 e. The van der Waals surface area contributed by atoms with E-state index in [-0.39, 0.29) is 12.2 Å². The molecule has 110 valence electrons. The highest BCUT2D eigenvalue weighted by molar-refractivity contribution is 5.93. The highest BCUT2D eigenvalue weighted by Crippen LogP contribution is 2.23. The quantitative estimate of drug-likeness (QED) is 0.874. The predicted octanol–water partition coefficient (Wildman–Crippen LogP) is 1.76. The number of rotatable bonds is 5. The van der Waals surface area contributed by atoms with Crippen LogP contribution in [0.5, 0.6) is 0 Å². The van der Waals surface area contributed by atoms with Gasteiger partial charge in [0.25, 0.3) is 5.91 Å². The van der Waals surface area contributed by atoms with E-state index in [1.54, 1.807) is 38.1 Å². The van der Waals surface area contributed by atoms with Crippen LogP contribution in [-0.4, -0.2) is 28.5 Å². The van der Waals surface area contributed by atoms with Crippen molar-refractivity contribution in [3.05, 3.63) is 53.7 Å². The van der Waals surface area contributed by atoms with Crippen molar-refractivity contribution in [2.75, 3.05) is 6.54 Å². The van der Waals surface area contributed by atoms with E-state index in [1.807, 2.05) is 6.07 Å². The molecule has 0 fully saturated rings. The number of aromatic nitrogens is 1. The molecule has 0 saturated carbocycles. The van der Waals surface area contributed by atoms with E-state index < -0.39 is 17.3 Å². The molecular weight excluding hydrogens is 272 g/mol. The number of aryl methyl sites for hydroxylation is 1. The van der Waals surface area contributed by atoms with E-state index in [9.17, 15) is 14.7 Å². The van der Waals surface area contributed by atoms with Crippen LogP contribution in [0.2, 0.25) is 0 Å². The number of carboxylic acids is 1. The first-order valence-electron chi connectivity index (χ1n) is 6.42. The smallest absolute Gasteiger partial charge is 0.315 e. The molecule has 0 aliphatic carbocycles. The fraction of sp³-hybridized carbons (Fsp3) is 0.267. The molecule has 1 heterocycles. The lowest BCUT2D eigenvalue weighted by Crippen LogP contribution is -2.44. The summed E-state index contributed by atoms with van der Waals surface area (Å²) in [4.78, 5) is 27.4. The van der Waals surface area contributed by atoms with Gasteiger partial charge in [-0.05, 0) is 19.4 Å². The second-order valence-electron chi connectivity index (χ2n) is 4.94. The van der Waals surface area contributed by atoms with E-state index in [4.69, 9.17) is 4.42 Å². The van der Waals surface area contributed by atoms with Crippen LogP contribution >= 0.6 is 0 Å². The lowest BCUT2D eigenvalue weighted by molar-refractivity contribution is -0.142. The van der Waals surface area contributed by atoms with Crippen molar-refractivity contribution in [3.63, 3.8) is 0 Å². The molecule has 1 unspecified atom stereocenters. The second-order valence-corrected chi connectivity index (χ2v) is 4.94. The first kappa shape index (κ1) is 14.8. The third kappa shape index (κ3) is 2.94. The van der Waals surface area contributed by atoms with E-state index in [1.165, 1.54) is 6.39 Å². The largest absolute Gasteiger partial charge is 0.481 e. The zero-order valence-corrected chi connectivity index (χ0v) is 11.8. The Balaban J connectivity index is 2.17. The highest BCUT2D eigenvalue weighted by Gasteiger charge is 2.35. The molecule has 0 aliphatic rings. The lowest BCUT2D eigenvalue weighted by Gasteiger charge is -2.25. The molecular formula is C15H16N2O4. The summed E-state index contributed by atoms with van der Waals surface area (Å²) in [6.45, 7) is 3.15. The number of oxazole rings is 1. The van der Waals surface area contributed by atoms with Crippen molar-refractivity contribution < 1.29 is 19.1 Å². The average Bonchev–Trinajstić information content (AvgIpc) is 2.91. The van der Waals surface area contributed by atoms with Gasteiger partial charge in [0.15, 0.2) is 12.1 Å². The van der Waals surface area contributed by atoms with Crippen LogP contribution in [0, 0.1) is 6.92 Å². The van der Waals surface area contributed by atoms with Gasteiger partial charge < -0.3 is 14.8 Å². The molecule has 6 heteroatoms. The molecule has 2 aromatic rings. The SMILES string of the molecule is Cc1ocnc1C(=O)NCC(C)(C(=O)O)c1ccccc1. The van der Waals surface area contributed by atoms with Crippen molar-refractivity contribution >= 4 is 11.9 Å². The molecule has 1 atom stereocenters. The molecule has 0 saturated heterocycles. The van der Waals surface area contributed by atoms with Gasteiger partial charge in [0, 0.05) is 6.54 Å². The van der Waals surface area contributed by atoms with Gasteiger partial charge in [-0.1, -0.05) is 30.3 Å². The van der Waals surface area contributed by atoms with Crippen molar-refractivity contribution in [2.24, 2.45) is 0 Å². The molecule has 0 radical (unpaired) electrons. The van der Waals surface area contributed by atoms with Gasteiger partial charge in [0.1, 0.15) is 11.2 Å². The van der Waals surface area contributed by atoms with Gasteiger partial charge in [-0.3, -0.25) is 9.59 Å². The minimum Gasteiger partial charge on any atom is -0.481 e. The third-order valence-electron chi connectivity index (χ3n) is 3.45. The van der Waals surface area contributed by atoms with Gasteiger partial charge in [0.05, 0.1) is 0 Å². The number of aliphatic carboxylic acids is 1. The van der Waals surface area contributed by atoms with Crippen LogP contribution in [0.1, 0.15) is 28.7 Å². The van der Waals surface area contributed by atoms with E-state index in [2.05, 4.69) is 10.3 Å². The Morgan fingerprint density at radius 3 is 2.52 bits per heavy atom. The van der Waals surface area contributed by atoms with Gasteiger partial charge in [-0.25, -0.2) is 4.98 Å². The summed E-state index contributed by atoms with van der Waals surface area (Å²) in [7, 11) is 0. The Bertz CT molecular complexity index is 651. The summed E-state index contributed by atoms with van der Waals surface area (Å²) >= 11 is 0. The standard InChI is InChI=1S/C15H16N2O4/c1-10-12(17-9-21-10)13(18)16-8-15(2,14(19)20)11-6-4-3-5-7-11/h3-7,9H,8H2,1-2H3,(H,16,18)(H,19,20). The van der Waals surface area contributed by atoms with Crippen LogP contribution in [0.15, 0.2) is 41.1 Å². The number of carboxylic acid groups (broad SMARTS) is 1. The Kier molecular flexibility index (Phi) is 4.07. The minimum absolute atomic E-state index is 0.0442. The molecule has 0 spiro atoms. The maximum absolute atomic E-state index is 12.0. The number of nitrogens with zero attached hydrogens (tertiary/aromatic N) is 1. The Hall–Kier alpha value is -2.63. The molecule has 6 nitrogen and oxygen atoms in total. The zero-order valence-electron chi connectivity index (χ0n) is 11.8. The number of amides is 1. The lowest BCUT2D eigenvalue weighted by atomic mass is 9.82.